The summed E-state index contributed by atoms with van der Waals surface area (Å²) >= 11 is 11.2. The molecule has 0 aromatic heterocycles. The molecule has 0 fully saturated rings. The second kappa shape index (κ2) is 26.9. The molecule has 0 radical (unpaired) electrons. The van der Waals surface area contributed by atoms with Crippen LogP contribution >= 0.6 is 136 Å². The number of anilines is 2. The number of nitrogens with one attached hydrogen (secondary N) is 4. The number of aliphatic hydroxyl groups is 8. The zero-order valence-electron chi connectivity index (χ0n) is 30.7. The molecule has 328 valence electrons. The molecular formula is C34H42I6N6O13. The Morgan fingerprint density at radius 2 is 0.898 bits per heavy atom. The molecule has 0 saturated carbocycles. The van der Waals surface area contributed by atoms with Crippen LogP contribution < -0.4 is 31.1 Å². The molecule has 0 bridgehead atoms. The fourth-order valence-corrected chi connectivity index (χ4v) is 15.0. The van der Waals surface area contributed by atoms with Crippen LogP contribution in [0.25, 0.3) is 5.70 Å². The zero-order chi connectivity index (χ0) is 44.7. The Labute approximate surface area is 420 Å². The number of aliphatic hydroxyl groups excluding tert-OH is 8. The number of nitrogens with zero attached hydrogens (tertiary/aromatic N) is 2. The first-order chi connectivity index (χ1) is 27.9. The quantitative estimate of drug-likeness (QED) is 0.0441. The Balaban J connectivity index is 2.60. The lowest BCUT2D eigenvalue weighted by Crippen LogP contribution is -2.42. The average molecular weight is 1500 g/mol. The molecule has 0 spiro atoms. The van der Waals surface area contributed by atoms with E-state index in [0.29, 0.717) is 29.1 Å². The highest BCUT2D eigenvalue weighted by Crippen LogP contribution is 2.41. The minimum Gasteiger partial charge on any atom is -0.395 e. The number of carbonyl (C=O) groups is 5. The zero-order valence-corrected chi connectivity index (χ0v) is 43.7. The number of rotatable bonds is 25. The van der Waals surface area contributed by atoms with Crippen molar-refractivity contribution in [2.24, 2.45) is 0 Å². The van der Waals surface area contributed by atoms with E-state index in [1.54, 1.807) is 45.2 Å². The van der Waals surface area contributed by atoms with Gasteiger partial charge in [0.05, 0.1) is 116 Å². The van der Waals surface area contributed by atoms with Crippen molar-refractivity contribution in [3.63, 3.8) is 0 Å². The summed E-state index contributed by atoms with van der Waals surface area (Å²) in [6, 6.07) is -1.86. The molecule has 25 heteroatoms. The first kappa shape index (κ1) is 54.5. The van der Waals surface area contributed by atoms with E-state index in [9.17, 15) is 64.8 Å². The van der Waals surface area contributed by atoms with Gasteiger partial charge >= 0.3 is 0 Å². The molecule has 5 amide bonds. The summed E-state index contributed by atoms with van der Waals surface area (Å²) in [6.07, 6.45) is -2.53. The molecule has 2 aromatic carbocycles. The Hall–Kier alpha value is -0.610. The average Bonchev–Trinajstić information content (AvgIpc) is 3.19. The van der Waals surface area contributed by atoms with Crippen LogP contribution in [0.1, 0.15) is 43.1 Å². The molecule has 2 atom stereocenters. The maximum absolute atomic E-state index is 13.5. The van der Waals surface area contributed by atoms with Crippen molar-refractivity contribution in [1.82, 2.24) is 21.3 Å². The van der Waals surface area contributed by atoms with E-state index in [-0.39, 0.29) is 70.8 Å². The van der Waals surface area contributed by atoms with Gasteiger partial charge in [-0.3, -0.25) is 24.0 Å². The molecule has 0 aliphatic carbocycles. The first-order valence-electron chi connectivity index (χ1n) is 17.1. The van der Waals surface area contributed by atoms with Gasteiger partial charge in [0.25, 0.3) is 17.7 Å². The smallest absolute Gasteiger partial charge is 0.253 e. The van der Waals surface area contributed by atoms with Crippen LogP contribution in [0.4, 0.5) is 11.4 Å². The SMILES string of the molecule is C=C(NC(CO)CO)c1c(I)c(C(=O)NCCO)c(I)c(N(C=O)CC(O)CC(O)CN(C=O)c2c(I)c(C(=O)NCCO)c(I)c(C(=O)NC(CO)CO)c2I)c1I. The summed E-state index contributed by atoms with van der Waals surface area (Å²) in [5, 5.41) is 90.2. The molecular weight excluding hydrogens is 1460 g/mol. The third-order valence-corrected chi connectivity index (χ3v) is 14.5. The Kier molecular flexibility index (Phi) is 24.8. The lowest BCUT2D eigenvalue weighted by atomic mass is 10.0. The molecule has 0 aliphatic rings. The summed E-state index contributed by atoms with van der Waals surface area (Å²) in [5.41, 5.74) is 0.807. The topological polar surface area (TPSA) is 302 Å². The highest BCUT2D eigenvalue weighted by atomic mass is 127. The maximum Gasteiger partial charge on any atom is 0.253 e. The van der Waals surface area contributed by atoms with Gasteiger partial charge < -0.3 is 71.9 Å². The fraction of sp³-hybridized carbons (Fsp3) is 0.441. The van der Waals surface area contributed by atoms with Crippen molar-refractivity contribution < 1.29 is 64.8 Å². The molecule has 2 unspecified atom stereocenters. The van der Waals surface area contributed by atoms with Crippen molar-refractivity contribution >= 4 is 183 Å². The van der Waals surface area contributed by atoms with Gasteiger partial charge in [-0.25, -0.2) is 0 Å². The van der Waals surface area contributed by atoms with Gasteiger partial charge in [-0.1, -0.05) is 6.58 Å². The van der Waals surface area contributed by atoms with Gasteiger partial charge in [-0.15, -0.1) is 0 Å². The molecule has 0 saturated heterocycles. The number of halogens is 6. The lowest BCUT2D eigenvalue weighted by molar-refractivity contribution is -0.108. The van der Waals surface area contributed by atoms with Crippen LogP contribution in [0.2, 0.25) is 0 Å². The third kappa shape index (κ3) is 14.2. The monoisotopic (exact) mass is 1500 g/mol. The highest BCUT2D eigenvalue weighted by Gasteiger charge is 2.33. The van der Waals surface area contributed by atoms with Gasteiger partial charge in [0, 0.05) is 41.5 Å². The minimum atomic E-state index is -1.46. The highest BCUT2D eigenvalue weighted by molar-refractivity contribution is 14.1. The summed E-state index contributed by atoms with van der Waals surface area (Å²) < 4.78 is 1.63. The van der Waals surface area contributed by atoms with E-state index >= 15 is 0 Å². The number of hydrogen-bond acceptors (Lipinski definition) is 14. The predicted molar refractivity (Wildman–Crippen MR) is 267 cm³/mol. The standard InChI is InChI=1S/C34H42I6N6O13/c1-15(43-16(9-49)10-50)20-24(35)21(32(57)41-2-4-47)27(38)30(26(20)37)45(13-53)7-18(55)6-19(56)8-46(14-54)31-28(39)22(33(58)42-3-5-48)25(36)23(29(31)40)34(59)44-17(11-51)12-52/h13-14,16-19,43,47-52,55-56H,1-12H2,(H,41,57)(H,42,58)(H,44,59). The lowest BCUT2D eigenvalue weighted by Gasteiger charge is -2.30. The summed E-state index contributed by atoms with van der Waals surface area (Å²) in [6.45, 7) is 0.0985. The normalized spacial score (nSPS) is 12.2. The second-order valence-corrected chi connectivity index (χ2v) is 18.8. The van der Waals surface area contributed by atoms with Crippen molar-refractivity contribution in [3.8, 4) is 0 Å². The van der Waals surface area contributed by atoms with Gasteiger partial charge in [0.1, 0.15) is 0 Å². The maximum atomic E-state index is 13.5. The van der Waals surface area contributed by atoms with Crippen LogP contribution in [0, 0.1) is 21.4 Å². The van der Waals surface area contributed by atoms with Crippen molar-refractivity contribution in [3.05, 3.63) is 50.3 Å². The molecule has 2 rings (SSSR count). The van der Waals surface area contributed by atoms with Crippen LogP contribution in [0.15, 0.2) is 6.58 Å². The summed E-state index contributed by atoms with van der Waals surface area (Å²) in [4.78, 5) is 67.8. The third-order valence-electron chi connectivity index (χ3n) is 8.15. The van der Waals surface area contributed by atoms with E-state index in [2.05, 4.69) is 27.8 Å². The second-order valence-electron chi connectivity index (χ2n) is 12.3. The van der Waals surface area contributed by atoms with Crippen molar-refractivity contribution in [2.75, 3.05) is 75.6 Å². The van der Waals surface area contributed by atoms with E-state index in [1.165, 1.54) is 0 Å². The van der Waals surface area contributed by atoms with Crippen LogP contribution in [-0.2, 0) is 9.59 Å². The van der Waals surface area contributed by atoms with E-state index in [0.717, 1.165) is 9.80 Å². The number of amides is 5. The molecule has 19 nitrogen and oxygen atoms in total. The van der Waals surface area contributed by atoms with Gasteiger partial charge in [0.2, 0.25) is 12.8 Å². The van der Waals surface area contributed by atoms with E-state index in [4.69, 9.17) is 0 Å². The number of hydrogen-bond donors (Lipinski definition) is 12. The number of benzene rings is 2. The Morgan fingerprint density at radius 1 is 0.559 bits per heavy atom. The predicted octanol–water partition coefficient (Wildman–Crippen LogP) is -0.507. The Morgan fingerprint density at radius 3 is 1.25 bits per heavy atom. The van der Waals surface area contributed by atoms with Crippen molar-refractivity contribution in [2.45, 2.75) is 30.7 Å². The van der Waals surface area contributed by atoms with E-state index < -0.39 is 88.0 Å². The summed E-state index contributed by atoms with van der Waals surface area (Å²) in [5.74, 6) is -2.06. The molecule has 0 heterocycles. The number of carbonyl (C=O) groups excluding carboxylic acids is 5. The van der Waals surface area contributed by atoms with Crippen LogP contribution in [0.3, 0.4) is 0 Å². The Bertz CT molecular complexity index is 1730. The van der Waals surface area contributed by atoms with Gasteiger partial charge in [-0.05, 0) is 136 Å². The fourth-order valence-electron chi connectivity index (χ4n) is 5.35. The van der Waals surface area contributed by atoms with Gasteiger partial charge in [0.15, 0.2) is 0 Å². The first-order valence-corrected chi connectivity index (χ1v) is 23.6. The van der Waals surface area contributed by atoms with Crippen LogP contribution in [0.5, 0.6) is 0 Å². The minimum absolute atomic E-state index is 0.0283. The molecule has 59 heavy (non-hydrogen) atoms. The van der Waals surface area contributed by atoms with Crippen LogP contribution in [-0.4, -0.2) is 162 Å². The molecule has 12 N–H and O–H groups in total. The largest absolute Gasteiger partial charge is 0.395 e. The van der Waals surface area contributed by atoms with Crippen molar-refractivity contribution in [1.29, 1.82) is 0 Å². The van der Waals surface area contributed by atoms with E-state index in [1.807, 2.05) is 90.4 Å². The van der Waals surface area contributed by atoms with Gasteiger partial charge in [-0.2, -0.15) is 0 Å². The summed E-state index contributed by atoms with van der Waals surface area (Å²) in [7, 11) is 0. The molecule has 0 aliphatic heterocycles. The molecule has 2 aromatic rings.